The molecule has 0 saturated carbocycles. The van der Waals surface area contributed by atoms with Crippen LogP contribution in [0.15, 0.2) is 0 Å². The Labute approximate surface area is 95.6 Å². The minimum atomic E-state index is -0.826. The zero-order chi connectivity index (χ0) is 12.3. The first-order valence-electron chi connectivity index (χ1n) is 5.69. The van der Waals surface area contributed by atoms with Gasteiger partial charge < -0.3 is 15.7 Å². The van der Waals surface area contributed by atoms with E-state index in [1.165, 1.54) is 0 Å². The van der Waals surface area contributed by atoms with Crippen LogP contribution in [0.1, 0.15) is 26.7 Å². The van der Waals surface area contributed by atoms with E-state index in [4.69, 9.17) is 10.8 Å². The second-order valence-electron chi connectivity index (χ2n) is 4.84. The Morgan fingerprint density at radius 3 is 2.56 bits per heavy atom. The molecule has 1 heterocycles. The molecule has 92 valence electrons. The predicted octanol–water partition coefficient (Wildman–Crippen LogP) is 0.293. The Bertz CT molecular complexity index is 278. The van der Waals surface area contributed by atoms with Crippen LogP contribution in [0.3, 0.4) is 0 Å². The quantitative estimate of drug-likeness (QED) is 0.724. The summed E-state index contributed by atoms with van der Waals surface area (Å²) < 4.78 is 0. The van der Waals surface area contributed by atoms with Crippen LogP contribution in [0.4, 0.5) is 0 Å². The Morgan fingerprint density at radius 1 is 1.50 bits per heavy atom. The number of nitrogens with zero attached hydrogens (tertiary/aromatic N) is 1. The first kappa shape index (κ1) is 13.0. The van der Waals surface area contributed by atoms with Gasteiger partial charge in [-0.05, 0) is 18.8 Å². The largest absolute Gasteiger partial charge is 0.481 e. The number of carbonyl (C=O) groups is 2. The van der Waals surface area contributed by atoms with E-state index in [-0.39, 0.29) is 5.91 Å². The summed E-state index contributed by atoms with van der Waals surface area (Å²) in [5, 5.41) is 8.83. The number of hydrogen-bond donors (Lipinski definition) is 2. The van der Waals surface area contributed by atoms with Crippen LogP contribution in [-0.2, 0) is 9.59 Å². The van der Waals surface area contributed by atoms with Crippen molar-refractivity contribution in [3.8, 4) is 0 Å². The fourth-order valence-electron chi connectivity index (χ4n) is 2.01. The van der Waals surface area contributed by atoms with Crippen molar-refractivity contribution in [1.82, 2.24) is 4.90 Å². The van der Waals surface area contributed by atoms with Crippen molar-refractivity contribution in [2.75, 3.05) is 13.1 Å². The number of carbonyl (C=O) groups excluding carboxylic acids is 1. The molecule has 5 nitrogen and oxygen atoms in total. The number of carboxylic acid groups (broad SMARTS) is 1. The maximum Gasteiger partial charge on any atom is 0.308 e. The summed E-state index contributed by atoms with van der Waals surface area (Å²) in [4.78, 5) is 24.2. The van der Waals surface area contributed by atoms with E-state index < -0.39 is 17.9 Å². The fraction of sp³-hybridized carbons (Fsp3) is 0.818. The van der Waals surface area contributed by atoms with Crippen molar-refractivity contribution in [1.29, 1.82) is 0 Å². The molecule has 1 rings (SSSR count). The Hall–Kier alpha value is -1.10. The molecule has 0 aromatic heterocycles. The zero-order valence-electron chi connectivity index (χ0n) is 9.85. The highest BCUT2D eigenvalue weighted by Gasteiger charge is 2.32. The van der Waals surface area contributed by atoms with Gasteiger partial charge >= 0.3 is 5.97 Å². The molecule has 3 N–H and O–H groups in total. The van der Waals surface area contributed by atoms with Gasteiger partial charge in [-0.1, -0.05) is 13.8 Å². The topological polar surface area (TPSA) is 83.6 Å². The molecule has 16 heavy (non-hydrogen) atoms. The zero-order valence-corrected chi connectivity index (χ0v) is 9.85. The van der Waals surface area contributed by atoms with Gasteiger partial charge in [-0.25, -0.2) is 0 Å². The van der Waals surface area contributed by atoms with Gasteiger partial charge in [0.1, 0.15) is 0 Å². The number of hydrogen-bond acceptors (Lipinski definition) is 3. The maximum absolute atomic E-state index is 11.9. The predicted molar refractivity (Wildman–Crippen MR) is 59.8 cm³/mol. The van der Waals surface area contributed by atoms with Crippen molar-refractivity contribution in [3.05, 3.63) is 0 Å². The average Bonchev–Trinajstić information content (AvgIpc) is 2.64. The first-order valence-corrected chi connectivity index (χ1v) is 5.69. The summed E-state index contributed by atoms with van der Waals surface area (Å²) in [5.74, 6) is -0.989. The summed E-state index contributed by atoms with van der Waals surface area (Å²) in [6.07, 6.45) is 1.18. The Balaban J connectivity index is 2.47. The fourth-order valence-corrected chi connectivity index (χ4v) is 2.01. The summed E-state index contributed by atoms with van der Waals surface area (Å²) in [7, 11) is 0. The van der Waals surface area contributed by atoms with Crippen LogP contribution in [0.5, 0.6) is 0 Å². The van der Waals surface area contributed by atoms with Gasteiger partial charge in [-0.2, -0.15) is 0 Å². The number of likely N-dealkylation sites (tertiary alicyclic amines) is 1. The molecule has 0 aromatic rings. The van der Waals surface area contributed by atoms with E-state index in [2.05, 4.69) is 0 Å². The molecule has 1 saturated heterocycles. The molecule has 2 atom stereocenters. The van der Waals surface area contributed by atoms with E-state index in [0.717, 1.165) is 0 Å². The van der Waals surface area contributed by atoms with Gasteiger partial charge in [0.15, 0.2) is 0 Å². The van der Waals surface area contributed by atoms with Gasteiger partial charge in [0, 0.05) is 13.1 Å². The lowest BCUT2D eigenvalue weighted by Crippen LogP contribution is -2.43. The van der Waals surface area contributed by atoms with Crippen molar-refractivity contribution < 1.29 is 14.7 Å². The summed E-state index contributed by atoms with van der Waals surface area (Å²) >= 11 is 0. The van der Waals surface area contributed by atoms with Gasteiger partial charge in [0.25, 0.3) is 0 Å². The standard InChI is InChI=1S/C11H20N2O3/c1-7(2)5-9(12)10(14)13-4-3-8(6-13)11(15)16/h7-9H,3-6,12H2,1-2H3,(H,15,16)/t8?,9-/m0/s1. The van der Waals surface area contributed by atoms with E-state index >= 15 is 0 Å². The minimum absolute atomic E-state index is 0.113. The van der Waals surface area contributed by atoms with Crippen molar-refractivity contribution in [2.45, 2.75) is 32.7 Å². The highest BCUT2D eigenvalue weighted by molar-refractivity contribution is 5.83. The van der Waals surface area contributed by atoms with E-state index in [1.807, 2.05) is 13.8 Å². The highest BCUT2D eigenvalue weighted by Crippen LogP contribution is 2.18. The Morgan fingerprint density at radius 2 is 2.12 bits per heavy atom. The lowest BCUT2D eigenvalue weighted by atomic mass is 10.0. The van der Waals surface area contributed by atoms with Crippen LogP contribution in [0, 0.1) is 11.8 Å². The molecule has 1 fully saturated rings. The summed E-state index contributed by atoms with van der Waals surface area (Å²) in [5.41, 5.74) is 5.78. The van der Waals surface area contributed by atoms with Crippen LogP contribution >= 0.6 is 0 Å². The molecular formula is C11H20N2O3. The van der Waals surface area contributed by atoms with Crippen molar-refractivity contribution in [2.24, 2.45) is 17.6 Å². The third-order valence-electron chi connectivity index (χ3n) is 2.89. The van der Waals surface area contributed by atoms with Gasteiger partial charge in [-0.15, -0.1) is 0 Å². The maximum atomic E-state index is 11.9. The number of aliphatic carboxylic acids is 1. The number of nitrogens with two attached hydrogens (primary N) is 1. The van der Waals surface area contributed by atoms with Crippen LogP contribution in [-0.4, -0.2) is 41.0 Å². The van der Waals surface area contributed by atoms with E-state index in [9.17, 15) is 9.59 Å². The molecule has 0 radical (unpaired) electrons. The van der Waals surface area contributed by atoms with Crippen molar-refractivity contribution >= 4 is 11.9 Å². The molecule has 5 heteroatoms. The summed E-state index contributed by atoms with van der Waals surface area (Å²) in [6, 6.07) is -0.493. The first-order chi connectivity index (χ1) is 7.41. The van der Waals surface area contributed by atoms with Gasteiger partial charge in [0.05, 0.1) is 12.0 Å². The van der Waals surface area contributed by atoms with E-state index in [1.54, 1.807) is 4.90 Å². The number of carboxylic acids is 1. The molecular weight excluding hydrogens is 208 g/mol. The van der Waals surface area contributed by atoms with Crippen LogP contribution in [0.2, 0.25) is 0 Å². The average molecular weight is 228 g/mol. The van der Waals surface area contributed by atoms with Crippen molar-refractivity contribution in [3.63, 3.8) is 0 Å². The smallest absolute Gasteiger partial charge is 0.308 e. The minimum Gasteiger partial charge on any atom is -0.481 e. The lowest BCUT2D eigenvalue weighted by molar-refractivity contribution is -0.141. The molecule has 1 amide bonds. The molecule has 0 spiro atoms. The van der Waals surface area contributed by atoms with Gasteiger partial charge in [0.2, 0.25) is 5.91 Å². The summed E-state index contributed by atoms with van der Waals surface area (Å²) in [6.45, 7) is 4.84. The Kier molecular flexibility index (Phi) is 4.29. The monoisotopic (exact) mass is 228 g/mol. The van der Waals surface area contributed by atoms with E-state index in [0.29, 0.717) is 31.8 Å². The highest BCUT2D eigenvalue weighted by atomic mass is 16.4. The molecule has 0 bridgehead atoms. The van der Waals surface area contributed by atoms with Crippen LogP contribution < -0.4 is 5.73 Å². The lowest BCUT2D eigenvalue weighted by Gasteiger charge is -2.21. The second kappa shape index (κ2) is 5.30. The third kappa shape index (κ3) is 3.20. The SMILES string of the molecule is CC(C)C[C@H](N)C(=O)N1CCC(C(=O)O)C1. The molecule has 1 aliphatic heterocycles. The third-order valence-corrected chi connectivity index (χ3v) is 2.89. The molecule has 1 unspecified atom stereocenters. The normalized spacial score (nSPS) is 22.5. The second-order valence-corrected chi connectivity index (χ2v) is 4.84. The molecule has 0 aromatic carbocycles. The van der Waals surface area contributed by atoms with Gasteiger partial charge in [-0.3, -0.25) is 9.59 Å². The molecule has 1 aliphatic rings. The molecule has 0 aliphatic carbocycles. The number of rotatable bonds is 4. The van der Waals surface area contributed by atoms with Crippen LogP contribution in [0.25, 0.3) is 0 Å². The number of amides is 1.